The van der Waals surface area contributed by atoms with Crippen LogP contribution in [-0.4, -0.2) is 17.6 Å². The van der Waals surface area contributed by atoms with E-state index >= 15 is 0 Å². The average molecular weight is 403 g/mol. The molecule has 2 amide bonds. The number of rotatable bonds is 6. The van der Waals surface area contributed by atoms with Crippen molar-refractivity contribution < 1.29 is 9.59 Å². The summed E-state index contributed by atoms with van der Waals surface area (Å²) in [6.45, 7) is 1.77. The number of amides is 2. The van der Waals surface area contributed by atoms with Crippen LogP contribution in [0.3, 0.4) is 0 Å². The van der Waals surface area contributed by atoms with Gasteiger partial charge in [-0.05, 0) is 55.5 Å². The molecule has 1 aliphatic heterocycles. The summed E-state index contributed by atoms with van der Waals surface area (Å²) in [5, 5.41) is 3.04. The monoisotopic (exact) mass is 402 g/mol. The molecule has 0 bridgehead atoms. The first-order chi connectivity index (χ1) is 14.1. The quantitative estimate of drug-likeness (QED) is 0.422. The van der Waals surface area contributed by atoms with Gasteiger partial charge in [-0.25, -0.2) is 10.0 Å². The summed E-state index contributed by atoms with van der Waals surface area (Å²) >= 11 is 1.66. The van der Waals surface area contributed by atoms with E-state index in [1.165, 1.54) is 10.0 Å². The van der Waals surface area contributed by atoms with Crippen molar-refractivity contribution in [3.63, 3.8) is 0 Å². The van der Waals surface area contributed by atoms with Gasteiger partial charge >= 0.3 is 0 Å². The lowest BCUT2D eigenvalue weighted by atomic mass is 9.86. The highest BCUT2D eigenvalue weighted by molar-refractivity contribution is 7.99. The van der Waals surface area contributed by atoms with Crippen LogP contribution in [0.25, 0.3) is 0 Å². The van der Waals surface area contributed by atoms with Crippen molar-refractivity contribution in [2.45, 2.75) is 18.2 Å². The Labute approximate surface area is 175 Å². The molecule has 3 aromatic rings. The molecule has 0 spiro atoms. The number of anilines is 2. The number of hydrogen-bond donors (Lipinski definition) is 0. The fourth-order valence-corrected chi connectivity index (χ4v) is 4.54. The van der Waals surface area contributed by atoms with Gasteiger partial charge in [-0.15, -0.1) is 11.8 Å². The number of hydrogen-bond acceptors (Lipinski definition) is 3. The maximum Gasteiger partial charge on any atom is 0.261 e. The van der Waals surface area contributed by atoms with Gasteiger partial charge in [-0.1, -0.05) is 54.6 Å². The molecule has 0 aliphatic carbocycles. The lowest BCUT2D eigenvalue weighted by Gasteiger charge is -2.27. The summed E-state index contributed by atoms with van der Waals surface area (Å²) in [5.41, 5.74) is 0.274. The molecule has 1 saturated heterocycles. The molecule has 3 aromatic carbocycles. The SMILES string of the molecule is CC1(CCSc2ccccc2)C(=O)N(c2ccccc2)N(c2ccccc2)C1=O. The maximum atomic E-state index is 13.5. The van der Waals surface area contributed by atoms with Gasteiger partial charge in [0.05, 0.1) is 11.4 Å². The molecular weight excluding hydrogens is 380 g/mol. The summed E-state index contributed by atoms with van der Waals surface area (Å²) in [6, 6.07) is 28.7. The summed E-state index contributed by atoms with van der Waals surface area (Å²) in [7, 11) is 0. The number of carbonyl (C=O) groups is 2. The Morgan fingerprint density at radius 2 is 1.10 bits per heavy atom. The Balaban J connectivity index is 1.64. The summed E-state index contributed by atoms with van der Waals surface area (Å²) in [6.07, 6.45) is 0.469. The second-order valence-corrected chi connectivity index (χ2v) is 8.32. The fourth-order valence-electron chi connectivity index (χ4n) is 3.45. The van der Waals surface area contributed by atoms with Crippen LogP contribution in [0.4, 0.5) is 11.4 Å². The molecule has 0 aromatic heterocycles. The van der Waals surface area contributed by atoms with E-state index in [0.29, 0.717) is 23.5 Å². The Bertz CT molecular complexity index is 936. The van der Waals surface area contributed by atoms with Gasteiger partial charge in [0, 0.05) is 4.90 Å². The third-order valence-corrected chi connectivity index (χ3v) is 6.16. The van der Waals surface area contributed by atoms with Gasteiger partial charge in [-0.2, -0.15) is 0 Å². The first-order valence-electron chi connectivity index (χ1n) is 9.58. The van der Waals surface area contributed by atoms with Crippen molar-refractivity contribution in [1.82, 2.24) is 0 Å². The standard InChI is InChI=1S/C24H22N2O2S/c1-24(17-18-29-21-15-9-4-10-16-21)22(27)25(19-11-5-2-6-12-19)26(23(24)28)20-13-7-3-8-14-20/h2-16H,17-18H2,1H3. The largest absolute Gasteiger partial charge is 0.271 e. The van der Waals surface area contributed by atoms with E-state index in [1.54, 1.807) is 18.7 Å². The molecule has 0 unspecified atom stereocenters. The topological polar surface area (TPSA) is 40.6 Å². The van der Waals surface area contributed by atoms with E-state index in [9.17, 15) is 9.59 Å². The van der Waals surface area contributed by atoms with Crippen LogP contribution in [0, 0.1) is 5.41 Å². The van der Waals surface area contributed by atoms with E-state index in [2.05, 4.69) is 0 Å². The second kappa shape index (κ2) is 8.13. The molecule has 146 valence electrons. The van der Waals surface area contributed by atoms with E-state index < -0.39 is 5.41 Å². The summed E-state index contributed by atoms with van der Waals surface area (Å²) in [4.78, 5) is 28.2. The Morgan fingerprint density at radius 1 is 0.690 bits per heavy atom. The van der Waals surface area contributed by atoms with Gasteiger partial charge in [-0.3, -0.25) is 9.59 Å². The third-order valence-electron chi connectivity index (χ3n) is 5.14. The molecule has 29 heavy (non-hydrogen) atoms. The fraction of sp³-hybridized carbons (Fsp3) is 0.167. The van der Waals surface area contributed by atoms with Gasteiger partial charge in [0.2, 0.25) is 0 Å². The molecule has 0 N–H and O–H groups in total. The zero-order valence-corrected chi connectivity index (χ0v) is 17.0. The molecule has 0 saturated carbocycles. The van der Waals surface area contributed by atoms with Crippen molar-refractivity contribution in [2.75, 3.05) is 15.8 Å². The molecule has 0 radical (unpaired) electrons. The van der Waals surface area contributed by atoms with Crippen molar-refractivity contribution in [3.8, 4) is 0 Å². The minimum atomic E-state index is -1.10. The highest BCUT2D eigenvalue weighted by Gasteiger charge is 2.55. The van der Waals surface area contributed by atoms with Crippen LogP contribution in [0.2, 0.25) is 0 Å². The van der Waals surface area contributed by atoms with E-state index in [0.717, 1.165) is 4.90 Å². The van der Waals surface area contributed by atoms with Gasteiger partial charge in [0.25, 0.3) is 11.8 Å². The molecule has 0 atom stereocenters. The summed E-state index contributed by atoms with van der Waals surface area (Å²) < 4.78 is 0. The molecule has 1 fully saturated rings. The highest BCUT2D eigenvalue weighted by Crippen LogP contribution is 2.41. The number of benzene rings is 3. The van der Waals surface area contributed by atoms with Gasteiger partial charge in [0.1, 0.15) is 5.41 Å². The molecule has 5 heteroatoms. The maximum absolute atomic E-state index is 13.5. The van der Waals surface area contributed by atoms with Crippen molar-refractivity contribution >= 4 is 35.0 Å². The van der Waals surface area contributed by atoms with Crippen LogP contribution in [0.5, 0.6) is 0 Å². The number of hydrazine groups is 1. The van der Waals surface area contributed by atoms with E-state index in [1.807, 2.05) is 91.0 Å². The first kappa shape index (κ1) is 19.3. The molecule has 1 aliphatic rings. The predicted molar refractivity (Wildman–Crippen MR) is 118 cm³/mol. The molecule has 4 nitrogen and oxygen atoms in total. The zero-order chi connectivity index (χ0) is 20.3. The number of para-hydroxylation sites is 2. The number of carbonyl (C=O) groups excluding carboxylic acids is 2. The summed E-state index contributed by atoms with van der Waals surface area (Å²) in [5.74, 6) is 0.306. The van der Waals surface area contributed by atoms with Gasteiger partial charge < -0.3 is 0 Å². The first-order valence-corrected chi connectivity index (χ1v) is 10.6. The Morgan fingerprint density at radius 3 is 1.55 bits per heavy atom. The second-order valence-electron chi connectivity index (χ2n) is 7.15. The molecule has 4 rings (SSSR count). The molecular formula is C24H22N2O2S. The van der Waals surface area contributed by atoms with Gasteiger partial charge in [0.15, 0.2) is 0 Å². The van der Waals surface area contributed by atoms with Crippen LogP contribution in [0.1, 0.15) is 13.3 Å². The minimum Gasteiger partial charge on any atom is -0.271 e. The van der Waals surface area contributed by atoms with Crippen molar-refractivity contribution in [2.24, 2.45) is 5.41 Å². The normalized spacial score (nSPS) is 15.8. The van der Waals surface area contributed by atoms with Crippen LogP contribution in [0.15, 0.2) is 95.9 Å². The number of thioether (sulfide) groups is 1. The Kier molecular flexibility index (Phi) is 5.41. The third kappa shape index (κ3) is 3.66. The van der Waals surface area contributed by atoms with Crippen molar-refractivity contribution in [1.29, 1.82) is 0 Å². The van der Waals surface area contributed by atoms with E-state index in [4.69, 9.17) is 0 Å². The molecule has 1 heterocycles. The lowest BCUT2D eigenvalue weighted by molar-refractivity contribution is -0.133. The van der Waals surface area contributed by atoms with Crippen LogP contribution in [-0.2, 0) is 9.59 Å². The average Bonchev–Trinajstić information content (AvgIpc) is 2.97. The highest BCUT2D eigenvalue weighted by atomic mass is 32.2. The zero-order valence-electron chi connectivity index (χ0n) is 16.2. The van der Waals surface area contributed by atoms with Crippen LogP contribution < -0.4 is 10.0 Å². The van der Waals surface area contributed by atoms with E-state index in [-0.39, 0.29) is 11.8 Å². The Hall–Kier alpha value is -3.05. The lowest BCUT2D eigenvalue weighted by Crippen LogP contribution is -2.41. The smallest absolute Gasteiger partial charge is 0.261 e. The van der Waals surface area contributed by atoms with Crippen LogP contribution >= 0.6 is 11.8 Å². The minimum absolute atomic E-state index is 0.189. The number of nitrogens with zero attached hydrogens (tertiary/aromatic N) is 2. The predicted octanol–water partition coefficient (Wildman–Crippen LogP) is 5.17. The van der Waals surface area contributed by atoms with Crippen molar-refractivity contribution in [3.05, 3.63) is 91.0 Å².